The minimum absolute atomic E-state index is 0.00561. The fourth-order valence-corrected chi connectivity index (χ4v) is 6.83. The molecule has 2 aliphatic rings. The van der Waals surface area contributed by atoms with Crippen LogP contribution in [0.3, 0.4) is 0 Å². The van der Waals surface area contributed by atoms with Gasteiger partial charge in [0.2, 0.25) is 11.8 Å². The van der Waals surface area contributed by atoms with Crippen molar-refractivity contribution in [1.82, 2.24) is 24.9 Å². The molecular weight excluding hydrogens is 672 g/mol. The van der Waals surface area contributed by atoms with Gasteiger partial charge in [0, 0.05) is 84.7 Å². The van der Waals surface area contributed by atoms with E-state index < -0.39 is 0 Å². The van der Waals surface area contributed by atoms with Gasteiger partial charge in [-0.25, -0.2) is 0 Å². The fourth-order valence-electron chi connectivity index (χ4n) is 6.83. The topological polar surface area (TPSA) is 138 Å². The van der Waals surface area contributed by atoms with E-state index in [1.54, 1.807) is 14.2 Å². The number of ether oxygens (including phenoxy) is 3. The first kappa shape index (κ1) is 41.2. The Kier molecular flexibility index (Phi) is 18.0. The Labute approximate surface area is 315 Å². The van der Waals surface area contributed by atoms with Gasteiger partial charge in [0.05, 0.1) is 45.2 Å². The number of rotatable bonds is 22. The molecule has 288 valence electrons. The zero-order valence-electron chi connectivity index (χ0n) is 31.8. The zero-order valence-corrected chi connectivity index (χ0v) is 31.8. The van der Waals surface area contributed by atoms with Gasteiger partial charge < -0.3 is 34.2 Å². The molecule has 0 bridgehead atoms. The number of amides is 2. The molecule has 2 saturated heterocycles. The van der Waals surface area contributed by atoms with E-state index in [0.29, 0.717) is 83.1 Å². The first-order valence-electron chi connectivity index (χ1n) is 19.1. The number of piperazine rings is 2. The molecule has 2 amide bonds. The number of carbonyl (C=O) groups excluding carboxylic acids is 2. The van der Waals surface area contributed by atoms with Crippen LogP contribution in [0.1, 0.15) is 50.5 Å². The molecule has 0 aliphatic carbocycles. The van der Waals surface area contributed by atoms with Crippen LogP contribution in [-0.4, -0.2) is 137 Å². The van der Waals surface area contributed by atoms with Crippen molar-refractivity contribution in [3.8, 4) is 29.4 Å². The lowest BCUT2D eigenvalue weighted by atomic mass is 10.1. The maximum atomic E-state index is 12.9. The second-order valence-electron chi connectivity index (χ2n) is 13.6. The van der Waals surface area contributed by atoms with E-state index in [1.807, 2.05) is 29.2 Å². The van der Waals surface area contributed by atoms with Crippen molar-refractivity contribution in [3.63, 3.8) is 0 Å². The van der Waals surface area contributed by atoms with Gasteiger partial charge in [-0.3, -0.25) is 19.4 Å². The molecular formula is C40H58N8O5. The fraction of sp³-hybridized carbons (Fsp3) is 0.600. The van der Waals surface area contributed by atoms with E-state index in [9.17, 15) is 9.59 Å². The smallest absolute Gasteiger partial charge is 0.234 e. The van der Waals surface area contributed by atoms with E-state index in [4.69, 9.17) is 24.7 Å². The predicted molar refractivity (Wildman–Crippen MR) is 205 cm³/mol. The maximum absolute atomic E-state index is 12.9. The maximum Gasteiger partial charge on any atom is 0.234 e. The Bertz CT molecular complexity index is 1470. The summed E-state index contributed by atoms with van der Waals surface area (Å²) in [5.41, 5.74) is 2.31. The lowest BCUT2D eigenvalue weighted by Crippen LogP contribution is -2.51. The Balaban J connectivity index is 1.08. The summed E-state index contributed by atoms with van der Waals surface area (Å²) in [7, 11) is 3.37. The zero-order chi connectivity index (χ0) is 37.7. The average molecular weight is 731 g/mol. The van der Waals surface area contributed by atoms with E-state index in [-0.39, 0.29) is 11.8 Å². The molecule has 1 N–H and O–H groups in total. The summed E-state index contributed by atoms with van der Waals surface area (Å²) in [6, 6.07) is 18.6. The number of benzene rings is 2. The number of nitriles is 2. The molecule has 0 aromatic heterocycles. The van der Waals surface area contributed by atoms with Crippen molar-refractivity contribution < 1.29 is 23.8 Å². The predicted octanol–water partition coefficient (Wildman–Crippen LogP) is 3.75. The van der Waals surface area contributed by atoms with Gasteiger partial charge in [-0.05, 0) is 75.1 Å². The number of hydrogen-bond donors (Lipinski definition) is 1. The number of para-hydroxylation sites is 2. The summed E-state index contributed by atoms with van der Waals surface area (Å²) in [6.07, 6.45) is 4.51. The van der Waals surface area contributed by atoms with E-state index in [0.717, 1.165) is 83.1 Å². The van der Waals surface area contributed by atoms with Gasteiger partial charge in [-0.2, -0.15) is 10.5 Å². The molecule has 2 aromatic rings. The minimum Gasteiger partial charge on any atom is -0.495 e. The van der Waals surface area contributed by atoms with Gasteiger partial charge in [-0.15, -0.1) is 0 Å². The summed E-state index contributed by atoms with van der Waals surface area (Å²) in [6.45, 7) is 11.0. The van der Waals surface area contributed by atoms with Crippen molar-refractivity contribution in [2.24, 2.45) is 0 Å². The quantitative estimate of drug-likeness (QED) is 0.178. The number of anilines is 1. The van der Waals surface area contributed by atoms with Crippen molar-refractivity contribution in [3.05, 3.63) is 48.0 Å². The third kappa shape index (κ3) is 14.1. The normalized spacial score (nSPS) is 15.1. The molecule has 0 radical (unpaired) electrons. The number of hydrogen-bond acceptors (Lipinski definition) is 11. The number of unbranched alkanes of at least 4 members (excludes halogenated alkanes) is 2. The van der Waals surface area contributed by atoms with Crippen molar-refractivity contribution in [1.29, 1.82) is 10.5 Å². The standard InChI is InChI=1S/C40H58N8O5/c1-51-36-12-4-3-11-35(36)47-26-22-45(23-27-47)32-34-14-15-37(38(31-34)52-2)53-30-9-13-40(50)48-28-24-46(25-29-48)33-39(49)43-18-10-21-44(19-7-5-16-41)20-8-6-17-42/h3-4,11-12,14-15,31H,5-10,13,18-30,32-33H2,1-2H3,(H,43,49). The summed E-state index contributed by atoms with van der Waals surface area (Å²) in [4.78, 5) is 36.6. The Morgan fingerprint density at radius 2 is 1.43 bits per heavy atom. The molecule has 0 spiro atoms. The van der Waals surface area contributed by atoms with Crippen LogP contribution < -0.4 is 24.4 Å². The SMILES string of the molecule is COc1cc(CN2CCN(c3ccccc3OC)CC2)ccc1OCCCC(=O)N1CCN(CC(=O)NCCCN(CCCC#N)CCCC#N)CC1. The van der Waals surface area contributed by atoms with Gasteiger partial charge in [0.15, 0.2) is 11.5 Å². The number of nitrogens with one attached hydrogen (secondary N) is 1. The van der Waals surface area contributed by atoms with Crippen LogP contribution in [0.4, 0.5) is 5.69 Å². The minimum atomic E-state index is -0.00561. The number of carbonyl (C=O) groups is 2. The van der Waals surface area contributed by atoms with Crippen LogP contribution in [0.5, 0.6) is 17.2 Å². The molecule has 4 rings (SSSR count). The third-order valence-electron chi connectivity index (χ3n) is 9.82. The molecule has 0 saturated carbocycles. The van der Waals surface area contributed by atoms with Crippen LogP contribution in [-0.2, 0) is 16.1 Å². The molecule has 13 nitrogen and oxygen atoms in total. The lowest BCUT2D eigenvalue weighted by Gasteiger charge is -2.36. The second kappa shape index (κ2) is 23.2. The largest absolute Gasteiger partial charge is 0.495 e. The summed E-state index contributed by atoms with van der Waals surface area (Å²) in [5, 5.41) is 20.7. The first-order valence-corrected chi connectivity index (χ1v) is 19.1. The van der Waals surface area contributed by atoms with E-state index in [1.165, 1.54) is 5.56 Å². The van der Waals surface area contributed by atoms with Gasteiger partial charge >= 0.3 is 0 Å². The summed E-state index contributed by atoms with van der Waals surface area (Å²) < 4.78 is 17.3. The van der Waals surface area contributed by atoms with Crippen LogP contribution in [0.15, 0.2) is 42.5 Å². The highest BCUT2D eigenvalue weighted by Crippen LogP contribution is 2.31. The first-order chi connectivity index (χ1) is 25.9. The van der Waals surface area contributed by atoms with Crippen LogP contribution >= 0.6 is 0 Å². The van der Waals surface area contributed by atoms with Gasteiger partial charge in [-0.1, -0.05) is 18.2 Å². The molecule has 0 unspecified atom stereocenters. The lowest BCUT2D eigenvalue weighted by molar-refractivity contribution is -0.133. The van der Waals surface area contributed by atoms with Crippen LogP contribution in [0.2, 0.25) is 0 Å². The van der Waals surface area contributed by atoms with Gasteiger partial charge in [0.25, 0.3) is 0 Å². The third-order valence-corrected chi connectivity index (χ3v) is 9.82. The summed E-state index contributed by atoms with van der Waals surface area (Å²) >= 11 is 0. The Morgan fingerprint density at radius 3 is 2.11 bits per heavy atom. The van der Waals surface area contributed by atoms with Crippen molar-refractivity contribution in [2.75, 3.05) is 111 Å². The van der Waals surface area contributed by atoms with Crippen LogP contribution in [0.25, 0.3) is 0 Å². The molecule has 2 aliphatic heterocycles. The average Bonchev–Trinajstić information content (AvgIpc) is 3.19. The molecule has 2 fully saturated rings. The highest BCUT2D eigenvalue weighted by Gasteiger charge is 2.23. The molecule has 2 aromatic carbocycles. The van der Waals surface area contributed by atoms with Crippen molar-refractivity contribution >= 4 is 17.5 Å². The van der Waals surface area contributed by atoms with E-state index in [2.05, 4.69) is 55.3 Å². The Hall–Kier alpha value is -4.56. The highest BCUT2D eigenvalue weighted by atomic mass is 16.5. The molecule has 53 heavy (non-hydrogen) atoms. The molecule has 2 heterocycles. The summed E-state index contributed by atoms with van der Waals surface area (Å²) in [5.74, 6) is 2.39. The van der Waals surface area contributed by atoms with Gasteiger partial charge in [0.1, 0.15) is 5.75 Å². The highest BCUT2D eigenvalue weighted by molar-refractivity contribution is 5.78. The Morgan fingerprint density at radius 1 is 0.774 bits per heavy atom. The number of methoxy groups -OCH3 is 2. The molecule has 13 heteroatoms. The van der Waals surface area contributed by atoms with E-state index >= 15 is 0 Å². The number of nitrogens with zero attached hydrogens (tertiary/aromatic N) is 7. The monoisotopic (exact) mass is 730 g/mol. The van der Waals surface area contributed by atoms with Crippen LogP contribution in [0, 0.1) is 22.7 Å². The van der Waals surface area contributed by atoms with Crippen molar-refractivity contribution in [2.45, 2.75) is 51.5 Å². The molecule has 0 atom stereocenters. The second-order valence-corrected chi connectivity index (χ2v) is 13.6.